The molecule has 2 aromatic rings. The van der Waals surface area contributed by atoms with Crippen LogP contribution in [0.2, 0.25) is 0 Å². The van der Waals surface area contributed by atoms with Crippen molar-refractivity contribution in [3.8, 4) is 11.8 Å². The Hall–Kier alpha value is -2.03. The van der Waals surface area contributed by atoms with Gasteiger partial charge in [-0.1, -0.05) is 11.8 Å². The van der Waals surface area contributed by atoms with E-state index in [-0.39, 0.29) is 12.5 Å². The second-order valence-corrected chi connectivity index (χ2v) is 4.52. The molecule has 4 nitrogen and oxygen atoms in total. The van der Waals surface area contributed by atoms with Gasteiger partial charge in [0.25, 0.3) is 5.91 Å². The summed E-state index contributed by atoms with van der Waals surface area (Å²) in [6.07, 6.45) is 1.71. The van der Waals surface area contributed by atoms with Crippen molar-refractivity contribution in [2.75, 3.05) is 6.61 Å². The molecule has 0 aliphatic rings. The number of thiophene rings is 1. The lowest BCUT2D eigenvalue weighted by Crippen LogP contribution is -2.22. The number of aliphatic hydroxyl groups is 1. The molecule has 3 N–H and O–H groups in total. The van der Waals surface area contributed by atoms with Gasteiger partial charge in [-0.05, 0) is 18.2 Å². The average Bonchev–Trinajstić information content (AvgIpc) is 3.04. The Balaban J connectivity index is 1.90. The first kappa shape index (κ1) is 12.4. The van der Waals surface area contributed by atoms with Gasteiger partial charge in [0.1, 0.15) is 12.3 Å². The Morgan fingerprint density at radius 1 is 1.56 bits per heavy atom. The smallest absolute Gasteiger partial charge is 0.267 e. The fraction of sp³-hybridized carbons (Fsp3) is 0.154. The molecule has 0 unspecified atom stereocenters. The zero-order chi connectivity index (χ0) is 12.8. The van der Waals surface area contributed by atoms with Crippen molar-refractivity contribution in [2.45, 2.75) is 6.54 Å². The quantitative estimate of drug-likeness (QED) is 0.729. The highest BCUT2D eigenvalue weighted by atomic mass is 32.1. The van der Waals surface area contributed by atoms with E-state index in [2.05, 4.69) is 22.1 Å². The Labute approximate surface area is 109 Å². The summed E-state index contributed by atoms with van der Waals surface area (Å²) in [7, 11) is 0. The van der Waals surface area contributed by atoms with Crippen molar-refractivity contribution in [1.82, 2.24) is 10.3 Å². The molecule has 92 valence electrons. The highest BCUT2D eigenvalue weighted by molar-refractivity contribution is 7.10. The van der Waals surface area contributed by atoms with Crippen LogP contribution in [0.15, 0.2) is 29.8 Å². The van der Waals surface area contributed by atoms with E-state index in [1.807, 2.05) is 11.4 Å². The van der Waals surface area contributed by atoms with Gasteiger partial charge in [0.15, 0.2) is 0 Å². The Morgan fingerprint density at radius 3 is 3.17 bits per heavy atom. The van der Waals surface area contributed by atoms with Gasteiger partial charge >= 0.3 is 0 Å². The summed E-state index contributed by atoms with van der Waals surface area (Å²) in [4.78, 5) is 15.5. The second-order valence-electron chi connectivity index (χ2n) is 3.53. The van der Waals surface area contributed by atoms with Crippen molar-refractivity contribution in [3.63, 3.8) is 0 Å². The van der Waals surface area contributed by atoms with E-state index in [0.29, 0.717) is 12.2 Å². The molecule has 0 bridgehead atoms. The van der Waals surface area contributed by atoms with E-state index in [1.165, 1.54) is 11.3 Å². The summed E-state index contributed by atoms with van der Waals surface area (Å²) >= 11 is 1.53. The van der Waals surface area contributed by atoms with Crippen molar-refractivity contribution >= 4 is 17.2 Å². The lowest BCUT2D eigenvalue weighted by atomic mass is 10.3. The predicted molar refractivity (Wildman–Crippen MR) is 70.2 cm³/mol. The SMILES string of the molecule is O=C(NCc1cc(C#CCO)cs1)c1ccc[nH]1. The normalized spacial score (nSPS) is 9.61. The van der Waals surface area contributed by atoms with Crippen LogP contribution in [0.1, 0.15) is 20.9 Å². The number of amides is 1. The molecule has 2 rings (SSSR count). The van der Waals surface area contributed by atoms with Crippen molar-refractivity contribution in [1.29, 1.82) is 0 Å². The molecular weight excluding hydrogens is 248 g/mol. The van der Waals surface area contributed by atoms with Gasteiger partial charge in [-0.25, -0.2) is 0 Å². The number of carbonyl (C=O) groups excluding carboxylic acids is 1. The lowest BCUT2D eigenvalue weighted by Gasteiger charge is -2.00. The largest absolute Gasteiger partial charge is 0.384 e. The summed E-state index contributed by atoms with van der Waals surface area (Å²) < 4.78 is 0. The molecule has 0 spiro atoms. The molecule has 0 radical (unpaired) electrons. The van der Waals surface area contributed by atoms with Gasteiger partial charge in [0.05, 0.1) is 6.54 Å². The number of hydrogen-bond donors (Lipinski definition) is 3. The maximum atomic E-state index is 11.7. The molecule has 18 heavy (non-hydrogen) atoms. The number of aliphatic hydroxyl groups excluding tert-OH is 1. The number of carbonyl (C=O) groups is 1. The molecule has 0 aromatic carbocycles. The first-order valence-corrected chi connectivity index (χ1v) is 6.26. The zero-order valence-electron chi connectivity index (χ0n) is 9.56. The monoisotopic (exact) mass is 260 g/mol. The highest BCUT2D eigenvalue weighted by Gasteiger charge is 2.05. The van der Waals surface area contributed by atoms with E-state index in [1.54, 1.807) is 18.3 Å². The van der Waals surface area contributed by atoms with Crippen LogP contribution in [0.5, 0.6) is 0 Å². The number of rotatable bonds is 3. The summed E-state index contributed by atoms with van der Waals surface area (Å²) in [5.41, 5.74) is 1.41. The van der Waals surface area contributed by atoms with Crippen LogP contribution in [0.25, 0.3) is 0 Å². The molecule has 0 saturated heterocycles. The standard InChI is InChI=1S/C13H12N2O2S/c16-6-2-3-10-7-11(18-9-10)8-15-13(17)12-4-1-5-14-12/h1,4-5,7,9,14,16H,6,8H2,(H,15,17). The molecule has 0 saturated carbocycles. The third-order valence-corrected chi connectivity index (χ3v) is 3.17. The minimum atomic E-state index is -0.144. The highest BCUT2D eigenvalue weighted by Crippen LogP contribution is 2.13. The fourth-order valence-corrected chi connectivity index (χ4v) is 2.17. The average molecular weight is 260 g/mol. The van der Waals surface area contributed by atoms with E-state index >= 15 is 0 Å². The van der Waals surface area contributed by atoms with Crippen LogP contribution in [0.3, 0.4) is 0 Å². The van der Waals surface area contributed by atoms with Crippen LogP contribution in [-0.4, -0.2) is 22.6 Å². The maximum absolute atomic E-state index is 11.7. The number of nitrogens with one attached hydrogen (secondary N) is 2. The molecule has 0 aliphatic heterocycles. The fourth-order valence-electron chi connectivity index (χ4n) is 1.41. The van der Waals surface area contributed by atoms with Gasteiger partial charge in [-0.2, -0.15) is 0 Å². The Morgan fingerprint density at radius 2 is 2.44 bits per heavy atom. The number of aromatic nitrogens is 1. The Kier molecular flexibility index (Phi) is 4.18. The summed E-state index contributed by atoms with van der Waals surface area (Å²) in [6, 6.07) is 5.41. The minimum absolute atomic E-state index is 0.128. The van der Waals surface area contributed by atoms with Gasteiger partial charge in [-0.3, -0.25) is 4.79 Å². The Bertz CT molecular complexity index is 576. The molecular formula is C13H12N2O2S. The molecule has 1 amide bonds. The minimum Gasteiger partial charge on any atom is -0.384 e. The van der Waals surface area contributed by atoms with Crippen molar-refractivity contribution in [3.05, 3.63) is 45.9 Å². The van der Waals surface area contributed by atoms with Crippen LogP contribution >= 0.6 is 11.3 Å². The van der Waals surface area contributed by atoms with E-state index in [0.717, 1.165) is 10.4 Å². The van der Waals surface area contributed by atoms with Crippen molar-refractivity contribution in [2.24, 2.45) is 0 Å². The maximum Gasteiger partial charge on any atom is 0.267 e. The summed E-state index contributed by atoms with van der Waals surface area (Å²) in [5.74, 6) is 5.28. The van der Waals surface area contributed by atoms with E-state index in [4.69, 9.17) is 5.11 Å². The van der Waals surface area contributed by atoms with Crippen LogP contribution in [0.4, 0.5) is 0 Å². The molecule has 0 atom stereocenters. The third kappa shape index (κ3) is 3.23. The van der Waals surface area contributed by atoms with Gasteiger partial charge in [0, 0.05) is 22.0 Å². The first-order chi connectivity index (χ1) is 8.79. The first-order valence-electron chi connectivity index (χ1n) is 5.38. The van der Waals surface area contributed by atoms with E-state index in [9.17, 15) is 4.79 Å². The van der Waals surface area contributed by atoms with Crippen LogP contribution < -0.4 is 5.32 Å². The second kappa shape index (κ2) is 6.05. The number of hydrogen-bond acceptors (Lipinski definition) is 3. The molecule has 2 heterocycles. The topological polar surface area (TPSA) is 65.1 Å². The van der Waals surface area contributed by atoms with E-state index < -0.39 is 0 Å². The molecule has 2 aromatic heterocycles. The summed E-state index contributed by atoms with van der Waals surface area (Å²) in [6.45, 7) is 0.331. The van der Waals surface area contributed by atoms with Crippen LogP contribution in [-0.2, 0) is 6.54 Å². The summed E-state index contributed by atoms with van der Waals surface area (Å²) in [5, 5.41) is 13.3. The zero-order valence-corrected chi connectivity index (χ0v) is 10.4. The van der Waals surface area contributed by atoms with Gasteiger partial charge < -0.3 is 15.4 Å². The van der Waals surface area contributed by atoms with Crippen LogP contribution in [0, 0.1) is 11.8 Å². The van der Waals surface area contributed by atoms with Gasteiger partial charge in [0.2, 0.25) is 0 Å². The number of H-pyrrole nitrogens is 1. The predicted octanol–water partition coefficient (Wildman–Crippen LogP) is 1.35. The molecule has 5 heteroatoms. The third-order valence-electron chi connectivity index (χ3n) is 2.23. The van der Waals surface area contributed by atoms with Crippen molar-refractivity contribution < 1.29 is 9.90 Å². The molecule has 0 fully saturated rings. The molecule has 0 aliphatic carbocycles. The van der Waals surface area contributed by atoms with Gasteiger partial charge in [-0.15, -0.1) is 11.3 Å². The lowest BCUT2D eigenvalue weighted by molar-refractivity contribution is 0.0947. The number of aromatic amines is 1.